The fraction of sp³-hybridized carbons (Fsp3) is 0.556. The first-order valence-electron chi connectivity index (χ1n) is 4.25. The third-order valence-electron chi connectivity index (χ3n) is 2.40. The van der Waals surface area contributed by atoms with Crippen molar-refractivity contribution in [1.29, 1.82) is 0 Å². The van der Waals surface area contributed by atoms with Gasteiger partial charge in [0.15, 0.2) is 0 Å². The normalized spacial score (nSPS) is 22.2. The Morgan fingerprint density at radius 1 is 1.58 bits per heavy atom. The third-order valence-corrected chi connectivity index (χ3v) is 3.10. The second-order valence-corrected chi connectivity index (χ2v) is 4.19. The lowest BCUT2D eigenvalue weighted by molar-refractivity contribution is 0.122. The molecule has 2 atom stereocenters. The molecule has 0 amide bonds. The predicted molar refractivity (Wildman–Crippen MR) is 50.0 cm³/mol. The molecule has 0 radical (unpaired) electrons. The molecule has 2 nitrogen and oxygen atoms in total. The molecule has 2 rings (SSSR count). The van der Waals surface area contributed by atoms with Crippen LogP contribution in [0.2, 0.25) is 0 Å². The number of rotatable bonds is 3. The summed E-state index contributed by atoms with van der Waals surface area (Å²) >= 11 is 1.63. The van der Waals surface area contributed by atoms with Gasteiger partial charge in [-0.15, -0.1) is 0 Å². The number of nitrogens with two attached hydrogens (primary N) is 1. The van der Waals surface area contributed by atoms with Crippen molar-refractivity contribution in [3.63, 3.8) is 0 Å². The molecule has 1 fully saturated rings. The summed E-state index contributed by atoms with van der Waals surface area (Å²) in [4.78, 5) is 0. The molecule has 1 aromatic rings. The number of thiophene rings is 1. The highest BCUT2D eigenvalue weighted by Crippen LogP contribution is 2.37. The molecular formula is C9H13NOS. The molecule has 1 aliphatic rings. The van der Waals surface area contributed by atoms with Crippen LogP contribution in [0.4, 0.5) is 0 Å². The van der Waals surface area contributed by atoms with Crippen molar-refractivity contribution in [2.75, 3.05) is 0 Å². The Bertz CT molecular complexity index is 243. The van der Waals surface area contributed by atoms with Gasteiger partial charge in [0.25, 0.3) is 0 Å². The second-order valence-electron chi connectivity index (χ2n) is 3.41. The van der Waals surface area contributed by atoms with Gasteiger partial charge in [-0.2, -0.15) is 11.3 Å². The SMILES string of the molecule is N[C@H](c1ccsc1)[C@@H](O)C1CC1. The van der Waals surface area contributed by atoms with Crippen LogP contribution in [0, 0.1) is 5.92 Å². The Balaban J connectivity index is 2.03. The summed E-state index contributed by atoms with van der Waals surface area (Å²) in [7, 11) is 0. The van der Waals surface area contributed by atoms with Crippen LogP contribution in [0.1, 0.15) is 24.4 Å². The topological polar surface area (TPSA) is 46.2 Å². The molecule has 0 aliphatic heterocycles. The van der Waals surface area contributed by atoms with Gasteiger partial charge < -0.3 is 10.8 Å². The largest absolute Gasteiger partial charge is 0.391 e. The highest BCUT2D eigenvalue weighted by atomic mass is 32.1. The summed E-state index contributed by atoms with van der Waals surface area (Å²) in [6.07, 6.45) is 1.94. The van der Waals surface area contributed by atoms with Crippen molar-refractivity contribution in [2.24, 2.45) is 11.7 Å². The molecule has 1 aliphatic carbocycles. The molecule has 1 heterocycles. The van der Waals surface area contributed by atoms with E-state index in [1.165, 1.54) is 0 Å². The summed E-state index contributed by atoms with van der Waals surface area (Å²) in [6.45, 7) is 0. The molecule has 12 heavy (non-hydrogen) atoms. The fourth-order valence-electron chi connectivity index (χ4n) is 1.39. The van der Waals surface area contributed by atoms with Crippen molar-refractivity contribution in [1.82, 2.24) is 0 Å². The molecule has 1 aromatic heterocycles. The lowest BCUT2D eigenvalue weighted by atomic mass is 10.0. The zero-order chi connectivity index (χ0) is 8.55. The van der Waals surface area contributed by atoms with Gasteiger partial charge in [0.05, 0.1) is 12.1 Å². The van der Waals surface area contributed by atoms with Gasteiger partial charge in [-0.05, 0) is 41.1 Å². The van der Waals surface area contributed by atoms with Gasteiger partial charge in [-0.3, -0.25) is 0 Å². The van der Waals surface area contributed by atoms with Crippen LogP contribution in [0.25, 0.3) is 0 Å². The van der Waals surface area contributed by atoms with E-state index in [2.05, 4.69) is 0 Å². The smallest absolute Gasteiger partial charge is 0.0761 e. The standard InChI is InChI=1S/C9H13NOS/c10-8(7-3-4-12-5-7)9(11)6-1-2-6/h3-6,8-9,11H,1-2,10H2/t8-,9+/m1/s1. The van der Waals surface area contributed by atoms with E-state index in [4.69, 9.17) is 5.73 Å². The van der Waals surface area contributed by atoms with Crippen LogP contribution < -0.4 is 5.73 Å². The fourth-order valence-corrected chi connectivity index (χ4v) is 2.10. The molecule has 0 saturated heterocycles. The summed E-state index contributed by atoms with van der Waals surface area (Å²) in [6, 6.07) is 1.81. The van der Waals surface area contributed by atoms with Gasteiger partial charge in [0, 0.05) is 0 Å². The molecule has 3 heteroatoms. The summed E-state index contributed by atoms with van der Waals surface area (Å²) < 4.78 is 0. The zero-order valence-electron chi connectivity index (χ0n) is 6.81. The van der Waals surface area contributed by atoms with E-state index in [9.17, 15) is 5.11 Å². The van der Waals surface area contributed by atoms with E-state index in [0.717, 1.165) is 18.4 Å². The molecule has 0 aromatic carbocycles. The molecular weight excluding hydrogens is 170 g/mol. The summed E-state index contributed by atoms with van der Waals surface area (Å²) in [5.74, 6) is 0.458. The Kier molecular flexibility index (Phi) is 2.17. The van der Waals surface area contributed by atoms with Crippen LogP contribution >= 0.6 is 11.3 Å². The minimum atomic E-state index is -0.334. The second kappa shape index (κ2) is 3.17. The van der Waals surface area contributed by atoms with Gasteiger partial charge in [-0.25, -0.2) is 0 Å². The van der Waals surface area contributed by atoms with Crippen LogP contribution in [-0.4, -0.2) is 11.2 Å². The van der Waals surface area contributed by atoms with Gasteiger partial charge in [-0.1, -0.05) is 0 Å². The Hall–Kier alpha value is -0.380. The van der Waals surface area contributed by atoms with E-state index in [0.29, 0.717) is 5.92 Å². The average Bonchev–Trinajstić information content (AvgIpc) is 2.79. The van der Waals surface area contributed by atoms with E-state index < -0.39 is 0 Å². The Labute approximate surface area is 76.0 Å². The highest BCUT2D eigenvalue weighted by Gasteiger charge is 2.34. The maximum Gasteiger partial charge on any atom is 0.0761 e. The molecule has 0 unspecified atom stereocenters. The predicted octanol–water partition coefficient (Wildman–Crippen LogP) is 1.52. The first-order valence-corrected chi connectivity index (χ1v) is 5.19. The number of aliphatic hydroxyl groups is 1. The average molecular weight is 183 g/mol. The van der Waals surface area contributed by atoms with Crippen molar-refractivity contribution in [3.05, 3.63) is 22.4 Å². The maximum atomic E-state index is 9.71. The number of hydrogen-bond donors (Lipinski definition) is 2. The van der Waals surface area contributed by atoms with E-state index >= 15 is 0 Å². The van der Waals surface area contributed by atoms with Crippen LogP contribution in [0.3, 0.4) is 0 Å². The molecule has 66 valence electrons. The molecule has 0 bridgehead atoms. The summed E-state index contributed by atoms with van der Waals surface area (Å²) in [5, 5.41) is 13.7. The van der Waals surface area contributed by atoms with Gasteiger partial charge >= 0.3 is 0 Å². The van der Waals surface area contributed by atoms with Gasteiger partial charge in [0.1, 0.15) is 0 Å². The molecule has 3 N–H and O–H groups in total. The molecule has 1 saturated carbocycles. The Morgan fingerprint density at radius 3 is 2.83 bits per heavy atom. The zero-order valence-corrected chi connectivity index (χ0v) is 7.63. The third kappa shape index (κ3) is 1.53. The van der Waals surface area contributed by atoms with E-state index in [-0.39, 0.29) is 12.1 Å². The van der Waals surface area contributed by atoms with Crippen molar-refractivity contribution < 1.29 is 5.11 Å². The first-order chi connectivity index (χ1) is 5.79. The molecule has 0 spiro atoms. The quantitative estimate of drug-likeness (QED) is 0.746. The highest BCUT2D eigenvalue weighted by molar-refractivity contribution is 7.07. The maximum absolute atomic E-state index is 9.71. The van der Waals surface area contributed by atoms with E-state index in [1.807, 2.05) is 16.8 Å². The number of aliphatic hydroxyl groups excluding tert-OH is 1. The first kappa shape index (κ1) is 8.23. The monoisotopic (exact) mass is 183 g/mol. The van der Waals surface area contributed by atoms with Crippen molar-refractivity contribution in [2.45, 2.75) is 25.0 Å². The Morgan fingerprint density at radius 2 is 2.33 bits per heavy atom. The number of hydrogen-bond acceptors (Lipinski definition) is 3. The van der Waals surface area contributed by atoms with Crippen molar-refractivity contribution in [3.8, 4) is 0 Å². The summed E-state index contributed by atoms with van der Waals surface area (Å²) in [5.41, 5.74) is 6.95. The van der Waals surface area contributed by atoms with Crippen LogP contribution in [-0.2, 0) is 0 Å². The van der Waals surface area contributed by atoms with Crippen LogP contribution in [0.5, 0.6) is 0 Å². The van der Waals surface area contributed by atoms with E-state index in [1.54, 1.807) is 11.3 Å². The minimum absolute atomic E-state index is 0.177. The van der Waals surface area contributed by atoms with Crippen LogP contribution in [0.15, 0.2) is 16.8 Å². The van der Waals surface area contributed by atoms with Gasteiger partial charge in [0.2, 0.25) is 0 Å². The lowest BCUT2D eigenvalue weighted by Crippen LogP contribution is -2.27. The van der Waals surface area contributed by atoms with Crippen molar-refractivity contribution >= 4 is 11.3 Å². The minimum Gasteiger partial charge on any atom is -0.391 e. The lowest BCUT2D eigenvalue weighted by Gasteiger charge is -2.16.